The van der Waals surface area contributed by atoms with Gasteiger partial charge in [0.2, 0.25) is 0 Å². The van der Waals surface area contributed by atoms with Gasteiger partial charge in [-0.15, -0.1) is 0 Å². The molecule has 1 aromatic carbocycles. The van der Waals surface area contributed by atoms with E-state index in [4.69, 9.17) is 21.4 Å². The summed E-state index contributed by atoms with van der Waals surface area (Å²) in [6.45, 7) is 6.42. The molecule has 8 nitrogen and oxygen atoms in total. The molecule has 0 saturated carbocycles. The van der Waals surface area contributed by atoms with Gasteiger partial charge in [-0.25, -0.2) is 9.50 Å². The van der Waals surface area contributed by atoms with Gasteiger partial charge >= 0.3 is 0 Å². The largest absolute Gasteiger partial charge is 0.491 e. The smallest absolute Gasteiger partial charge is 0.258 e. The van der Waals surface area contributed by atoms with E-state index in [0.717, 1.165) is 28.3 Å². The maximum absolute atomic E-state index is 13.3. The van der Waals surface area contributed by atoms with Crippen molar-refractivity contribution >= 4 is 23.2 Å². The number of aryl methyl sites for hydroxylation is 2. The average molecular weight is 444 g/mol. The number of halogens is 1. The minimum absolute atomic E-state index is 0.0992. The van der Waals surface area contributed by atoms with E-state index in [-0.39, 0.29) is 12.5 Å². The van der Waals surface area contributed by atoms with Crippen LogP contribution in [0.1, 0.15) is 33.0 Å². The standard InChI is InChI=1S/C22H26ClN5O3/c1-14-20(23)15(2)28-21(24-14)17-12-27(13-18(17)25-28)22(30)16-6-4-5-7-19(16)31-11-9-26(3)8-10-29/h4-7,29H,8-13H2,1-3H3. The Bertz CT molecular complexity index is 1130. The second-order valence-corrected chi connectivity index (χ2v) is 8.17. The van der Waals surface area contributed by atoms with Crippen LogP contribution in [0.5, 0.6) is 5.75 Å². The number of hydrogen-bond acceptors (Lipinski definition) is 6. The van der Waals surface area contributed by atoms with Crippen molar-refractivity contribution in [1.29, 1.82) is 0 Å². The predicted molar refractivity (Wildman–Crippen MR) is 118 cm³/mol. The third-order valence-corrected chi connectivity index (χ3v) is 6.12. The first kappa shape index (κ1) is 21.5. The zero-order valence-electron chi connectivity index (χ0n) is 17.9. The summed E-state index contributed by atoms with van der Waals surface area (Å²) < 4.78 is 7.66. The Morgan fingerprint density at radius 3 is 2.81 bits per heavy atom. The van der Waals surface area contributed by atoms with Crippen LogP contribution in [0.2, 0.25) is 5.02 Å². The van der Waals surface area contributed by atoms with Crippen molar-refractivity contribution in [2.75, 3.05) is 33.4 Å². The number of nitrogens with zero attached hydrogens (tertiary/aromatic N) is 5. The van der Waals surface area contributed by atoms with Crippen LogP contribution in [0, 0.1) is 13.8 Å². The molecule has 9 heteroatoms. The molecule has 1 aliphatic heterocycles. The van der Waals surface area contributed by atoms with Gasteiger partial charge in [0.15, 0.2) is 5.65 Å². The van der Waals surface area contributed by atoms with Gasteiger partial charge in [0.1, 0.15) is 12.4 Å². The number of para-hydroxylation sites is 1. The van der Waals surface area contributed by atoms with Crippen molar-refractivity contribution in [3.8, 4) is 5.75 Å². The second kappa shape index (κ2) is 8.82. The predicted octanol–water partition coefficient (Wildman–Crippen LogP) is 2.46. The highest BCUT2D eigenvalue weighted by atomic mass is 35.5. The summed E-state index contributed by atoms with van der Waals surface area (Å²) in [5.74, 6) is 0.457. The first-order valence-corrected chi connectivity index (χ1v) is 10.6. The van der Waals surface area contributed by atoms with Gasteiger partial charge in [-0.05, 0) is 33.0 Å². The molecular weight excluding hydrogens is 418 g/mol. The van der Waals surface area contributed by atoms with Gasteiger partial charge in [0, 0.05) is 18.7 Å². The molecule has 3 aromatic rings. The lowest BCUT2D eigenvalue weighted by Crippen LogP contribution is -2.28. The topological polar surface area (TPSA) is 83.2 Å². The minimum Gasteiger partial charge on any atom is -0.491 e. The summed E-state index contributed by atoms with van der Waals surface area (Å²) in [4.78, 5) is 21.6. The number of hydrogen-bond donors (Lipinski definition) is 1. The molecule has 0 saturated heterocycles. The maximum atomic E-state index is 13.3. The van der Waals surface area contributed by atoms with Crippen LogP contribution in [-0.4, -0.2) is 68.8 Å². The fraction of sp³-hybridized carbons (Fsp3) is 0.409. The molecule has 3 heterocycles. The van der Waals surface area contributed by atoms with E-state index in [2.05, 4.69) is 10.1 Å². The number of aliphatic hydroxyl groups excluding tert-OH is 1. The molecule has 2 aromatic heterocycles. The van der Waals surface area contributed by atoms with Gasteiger partial charge in [-0.2, -0.15) is 5.10 Å². The quantitative estimate of drug-likeness (QED) is 0.604. The summed E-state index contributed by atoms with van der Waals surface area (Å²) in [5, 5.41) is 14.3. The molecule has 0 unspecified atom stereocenters. The first-order valence-electron chi connectivity index (χ1n) is 10.2. The van der Waals surface area contributed by atoms with E-state index in [9.17, 15) is 4.79 Å². The van der Waals surface area contributed by atoms with E-state index in [1.165, 1.54) is 0 Å². The zero-order chi connectivity index (χ0) is 22.1. The van der Waals surface area contributed by atoms with Gasteiger partial charge in [-0.1, -0.05) is 23.7 Å². The Hall–Kier alpha value is -2.68. The fourth-order valence-electron chi connectivity index (χ4n) is 3.79. The van der Waals surface area contributed by atoms with E-state index >= 15 is 0 Å². The van der Waals surface area contributed by atoms with Gasteiger partial charge in [-0.3, -0.25) is 4.79 Å². The number of carbonyl (C=O) groups excluding carboxylic acids is 1. The van der Waals surface area contributed by atoms with E-state index in [1.54, 1.807) is 15.5 Å². The molecule has 0 bridgehead atoms. The van der Waals surface area contributed by atoms with Gasteiger partial charge in [0.05, 0.1) is 47.4 Å². The number of likely N-dealkylation sites (N-methyl/N-ethyl adjacent to an activating group) is 1. The Morgan fingerprint density at radius 1 is 1.26 bits per heavy atom. The second-order valence-electron chi connectivity index (χ2n) is 7.79. The third kappa shape index (κ3) is 4.11. The number of benzene rings is 1. The molecular formula is C22H26ClN5O3. The molecule has 0 spiro atoms. The molecule has 1 N–H and O–H groups in total. The van der Waals surface area contributed by atoms with Gasteiger partial charge in [0.25, 0.3) is 5.91 Å². The Kier molecular flexibility index (Phi) is 6.13. The highest BCUT2D eigenvalue weighted by Gasteiger charge is 2.31. The number of ether oxygens (including phenoxy) is 1. The number of aromatic nitrogens is 3. The van der Waals surface area contributed by atoms with Crippen molar-refractivity contribution < 1.29 is 14.6 Å². The van der Waals surface area contributed by atoms with Crippen LogP contribution in [-0.2, 0) is 13.1 Å². The molecule has 0 atom stereocenters. The molecule has 0 aliphatic carbocycles. The minimum atomic E-state index is -0.0992. The lowest BCUT2D eigenvalue weighted by Gasteiger charge is -2.19. The summed E-state index contributed by atoms with van der Waals surface area (Å²) in [6, 6.07) is 7.28. The normalized spacial score (nSPS) is 13.3. The summed E-state index contributed by atoms with van der Waals surface area (Å²) in [6.07, 6.45) is 0. The highest BCUT2D eigenvalue weighted by molar-refractivity contribution is 6.31. The van der Waals surface area contributed by atoms with Crippen LogP contribution in [0.25, 0.3) is 5.65 Å². The Morgan fingerprint density at radius 2 is 2.03 bits per heavy atom. The highest BCUT2D eigenvalue weighted by Crippen LogP contribution is 2.31. The van der Waals surface area contributed by atoms with Crippen LogP contribution in [0.15, 0.2) is 24.3 Å². The van der Waals surface area contributed by atoms with Crippen LogP contribution in [0.4, 0.5) is 0 Å². The molecule has 31 heavy (non-hydrogen) atoms. The Labute approximate surface area is 186 Å². The van der Waals surface area contributed by atoms with E-state index in [1.807, 2.05) is 44.0 Å². The van der Waals surface area contributed by atoms with Crippen LogP contribution < -0.4 is 4.74 Å². The van der Waals surface area contributed by atoms with Crippen molar-refractivity contribution in [2.45, 2.75) is 26.9 Å². The molecule has 1 amide bonds. The van der Waals surface area contributed by atoms with Crippen LogP contribution >= 0.6 is 11.6 Å². The average Bonchev–Trinajstić information content (AvgIpc) is 3.31. The van der Waals surface area contributed by atoms with Crippen molar-refractivity contribution in [3.05, 3.63) is 57.5 Å². The third-order valence-electron chi connectivity index (χ3n) is 5.57. The van der Waals surface area contributed by atoms with Gasteiger partial charge < -0.3 is 19.6 Å². The van der Waals surface area contributed by atoms with E-state index < -0.39 is 0 Å². The Balaban J connectivity index is 1.51. The molecule has 4 rings (SSSR count). The van der Waals surface area contributed by atoms with Crippen molar-refractivity contribution in [3.63, 3.8) is 0 Å². The summed E-state index contributed by atoms with van der Waals surface area (Å²) in [7, 11) is 1.91. The van der Waals surface area contributed by atoms with Crippen LogP contribution in [0.3, 0.4) is 0 Å². The lowest BCUT2D eigenvalue weighted by atomic mass is 10.1. The molecule has 1 aliphatic rings. The number of carbonyl (C=O) groups is 1. The fourth-order valence-corrected chi connectivity index (χ4v) is 3.91. The lowest BCUT2D eigenvalue weighted by molar-refractivity contribution is 0.0744. The SMILES string of the molecule is Cc1nc2c3c(nn2c(C)c1Cl)CN(C(=O)c1ccccc1OCCN(C)CCO)C3. The number of amides is 1. The summed E-state index contributed by atoms with van der Waals surface area (Å²) >= 11 is 6.32. The van der Waals surface area contributed by atoms with Crippen molar-refractivity contribution in [1.82, 2.24) is 24.4 Å². The molecule has 164 valence electrons. The number of rotatable bonds is 7. The van der Waals surface area contributed by atoms with E-state index in [0.29, 0.717) is 49.1 Å². The number of fused-ring (bicyclic) bond motifs is 3. The number of aliphatic hydroxyl groups is 1. The molecule has 0 radical (unpaired) electrons. The maximum Gasteiger partial charge on any atom is 0.258 e. The first-order chi connectivity index (χ1) is 14.9. The summed E-state index contributed by atoms with van der Waals surface area (Å²) in [5.41, 5.74) is 4.68. The monoisotopic (exact) mass is 443 g/mol. The molecule has 0 fully saturated rings. The zero-order valence-corrected chi connectivity index (χ0v) is 18.7. The van der Waals surface area contributed by atoms with Crippen molar-refractivity contribution in [2.24, 2.45) is 0 Å².